The largest absolute Gasteiger partial charge is 0.444 e. The minimum atomic E-state index is -0.487. The molecule has 316 valence electrons. The molecule has 6 heterocycles. The van der Waals surface area contributed by atoms with Crippen LogP contribution >= 0.6 is 24.8 Å². The van der Waals surface area contributed by atoms with Gasteiger partial charge in [-0.25, -0.2) is 4.79 Å². The number of carbonyl (C=O) groups excluding carboxylic acids is 3. The lowest BCUT2D eigenvalue weighted by atomic mass is 9.77. The molecule has 0 atom stereocenters. The van der Waals surface area contributed by atoms with E-state index in [9.17, 15) is 14.4 Å². The van der Waals surface area contributed by atoms with Crippen LogP contribution in [0.2, 0.25) is 0 Å². The summed E-state index contributed by atoms with van der Waals surface area (Å²) in [6.07, 6.45) is 18.9. The summed E-state index contributed by atoms with van der Waals surface area (Å²) in [5.41, 5.74) is 7.06. The van der Waals surface area contributed by atoms with Gasteiger partial charge in [0.15, 0.2) is 0 Å². The molecule has 0 bridgehead atoms. The second-order valence-corrected chi connectivity index (χ2v) is 18.3. The third-order valence-electron chi connectivity index (χ3n) is 13.3. The van der Waals surface area contributed by atoms with E-state index in [0.29, 0.717) is 19.0 Å². The number of likely N-dealkylation sites (tertiary alicyclic amines) is 3. The summed E-state index contributed by atoms with van der Waals surface area (Å²) in [7, 11) is 0. The highest BCUT2D eigenvalue weighted by Crippen LogP contribution is 2.42. The highest BCUT2D eigenvalue weighted by Gasteiger charge is 2.49. The van der Waals surface area contributed by atoms with Crippen molar-refractivity contribution >= 4 is 42.7 Å². The molecule has 0 unspecified atom stereocenters. The highest BCUT2D eigenvalue weighted by atomic mass is 35.5. The molecule has 4 saturated heterocycles. The van der Waals surface area contributed by atoms with Crippen LogP contribution < -0.4 is 5.32 Å². The lowest BCUT2D eigenvalue weighted by Gasteiger charge is -2.38. The highest BCUT2D eigenvalue weighted by molar-refractivity contribution is 5.86. The number of hydrogen-bond donors (Lipinski definition) is 1. The summed E-state index contributed by atoms with van der Waals surface area (Å²) in [5, 5.41) is 3.38. The maximum absolute atomic E-state index is 13.2. The number of pyridine rings is 2. The predicted octanol–water partition coefficient (Wildman–Crippen LogP) is 7.48. The van der Waals surface area contributed by atoms with Gasteiger partial charge in [-0.2, -0.15) is 0 Å². The quantitative estimate of drug-likeness (QED) is 0.294. The van der Waals surface area contributed by atoms with Gasteiger partial charge in [0, 0.05) is 62.0 Å². The van der Waals surface area contributed by atoms with E-state index in [1.54, 1.807) is 4.90 Å². The molecule has 2 aliphatic carbocycles. The van der Waals surface area contributed by atoms with Crippen molar-refractivity contribution in [2.75, 3.05) is 52.4 Å². The van der Waals surface area contributed by atoms with Crippen LogP contribution in [0.15, 0.2) is 24.3 Å². The normalized spacial score (nSPS) is 20.9. The van der Waals surface area contributed by atoms with Gasteiger partial charge >= 0.3 is 6.09 Å². The number of nitrogens with zero attached hydrogens (tertiary/aromatic N) is 5. The fourth-order valence-electron chi connectivity index (χ4n) is 9.92. The Balaban J connectivity index is 0.000000216. The van der Waals surface area contributed by atoms with Gasteiger partial charge in [-0.05, 0) is 173 Å². The number of ether oxygens (including phenoxy) is 1. The van der Waals surface area contributed by atoms with Gasteiger partial charge in [-0.15, -0.1) is 24.8 Å². The van der Waals surface area contributed by atoms with E-state index in [0.717, 1.165) is 122 Å². The number of fused-ring (bicyclic) bond motifs is 2. The summed E-state index contributed by atoms with van der Waals surface area (Å²) in [6, 6.07) is 8.90. The zero-order valence-corrected chi connectivity index (χ0v) is 36.5. The first-order valence-electron chi connectivity index (χ1n) is 21.8. The number of nitrogens with one attached hydrogen (secondary N) is 1. The minimum Gasteiger partial charge on any atom is -0.444 e. The molecule has 0 aromatic carbocycles. The van der Waals surface area contributed by atoms with Gasteiger partial charge in [0.25, 0.3) is 0 Å². The minimum absolute atomic E-state index is 0. The second-order valence-electron chi connectivity index (χ2n) is 18.3. The Kier molecular flexibility index (Phi) is 15.7. The molecule has 3 amide bonds. The van der Waals surface area contributed by atoms with Gasteiger partial charge in [0.05, 0.1) is 10.8 Å². The van der Waals surface area contributed by atoms with Crippen LogP contribution in [-0.2, 0) is 52.9 Å². The molecule has 1 N–H and O–H groups in total. The average molecular weight is 828 g/mol. The number of hydrogen-bond acceptors (Lipinski definition) is 7. The fraction of sp³-hybridized carbons (Fsp3) is 0.711. The van der Waals surface area contributed by atoms with Crippen molar-refractivity contribution in [2.24, 2.45) is 10.8 Å². The number of carbonyl (C=O) groups is 3. The Morgan fingerprint density at radius 2 is 1.11 bits per heavy atom. The zero-order chi connectivity index (χ0) is 38.5. The van der Waals surface area contributed by atoms with E-state index in [1.165, 1.54) is 66.7 Å². The van der Waals surface area contributed by atoms with Crippen LogP contribution in [0, 0.1) is 10.8 Å². The van der Waals surface area contributed by atoms with Crippen molar-refractivity contribution in [3.8, 4) is 0 Å². The maximum Gasteiger partial charge on any atom is 0.410 e. The maximum atomic E-state index is 13.2. The first kappa shape index (κ1) is 45.1. The molecule has 0 radical (unpaired) electrons. The SMILES string of the molecule is CC(C)(C)OC(=O)N1CCC2(CC1)CCN(CCCc1ccc3c(n1)CCCC3)C2=O.Cl.Cl.O=C1N(CCCc2ccc3c(n2)CCCC3)CCC12CCNCC2. The molecule has 4 aliphatic heterocycles. The number of rotatable bonds is 8. The molecule has 12 heteroatoms. The van der Waals surface area contributed by atoms with Crippen LogP contribution in [0.3, 0.4) is 0 Å². The molecule has 57 heavy (non-hydrogen) atoms. The van der Waals surface area contributed by atoms with Gasteiger partial charge in [-0.1, -0.05) is 12.1 Å². The van der Waals surface area contributed by atoms with E-state index >= 15 is 0 Å². The van der Waals surface area contributed by atoms with Crippen molar-refractivity contribution in [2.45, 2.75) is 142 Å². The third-order valence-corrected chi connectivity index (χ3v) is 13.3. The van der Waals surface area contributed by atoms with Crippen molar-refractivity contribution in [1.29, 1.82) is 0 Å². The summed E-state index contributed by atoms with van der Waals surface area (Å²) < 4.78 is 5.49. The topological polar surface area (TPSA) is 108 Å². The lowest BCUT2D eigenvalue weighted by Crippen LogP contribution is -2.48. The molecule has 8 rings (SSSR count). The molecular formula is C45H68Cl2N6O4. The number of amides is 3. The van der Waals surface area contributed by atoms with Crippen molar-refractivity contribution < 1.29 is 19.1 Å². The Morgan fingerprint density at radius 1 is 0.667 bits per heavy atom. The van der Waals surface area contributed by atoms with Gasteiger partial charge in [-0.3, -0.25) is 19.6 Å². The van der Waals surface area contributed by atoms with Crippen LogP contribution in [-0.4, -0.2) is 101 Å². The molecule has 10 nitrogen and oxygen atoms in total. The number of aryl methyl sites for hydroxylation is 6. The molecule has 2 aromatic heterocycles. The van der Waals surface area contributed by atoms with E-state index in [2.05, 4.69) is 34.5 Å². The van der Waals surface area contributed by atoms with Crippen LogP contribution in [0.4, 0.5) is 4.79 Å². The number of piperidine rings is 2. The first-order chi connectivity index (χ1) is 26.5. The fourth-order valence-corrected chi connectivity index (χ4v) is 9.92. The Bertz CT molecular complexity index is 1680. The van der Waals surface area contributed by atoms with E-state index in [-0.39, 0.29) is 47.6 Å². The smallest absolute Gasteiger partial charge is 0.410 e. The van der Waals surface area contributed by atoms with Crippen LogP contribution in [0.5, 0.6) is 0 Å². The van der Waals surface area contributed by atoms with Crippen molar-refractivity contribution in [3.05, 3.63) is 58.2 Å². The van der Waals surface area contributed by atoms with Crippen molar-refractivity contribution in [1.82, 2.24) is 30.0 Å². The summed E-state index contributed by atoms with van der Waals surface area (Å²) in [5.74, 6) is 0.706. The zero-order valence-electron chi connectivity index (χ0n) is 34.9. The van der Waals surface area contributed by atoms with Crippen LogP contribution in [0.25, 0.3) is 0 Å². The molecule has 4 fully saturated rings. The first-order valence-corrected chi connectivity index (χ1v) is 21.8. The van der Waals surface area contributed by atoms with E-state index < -0.39 is 5.60 Å². The number of halogens is 2. The van der Waals surface area contributed by atoms with E-state index in [1.807, 2.05) is 25.7 Å². The second kappa shape index (κ2) is 19.9. The Morgan fingerprint density at radius 3 is 1.58 bits per heavy atom. The standard InChI is InChI=1S/C25H37N3O3.C20H29N3O.2ClH/c1-24(2,3)31-23(30)28-17-13-25(14-18-28)12-16-27(22(25)29)15-6-8-20-11-10-19-7-4-5-9-21(19)26-20;24-19-20(9-12-21-13-10-20)11-15-23(19)14-3-5-17-8-7-16-4-1-2-6-18(16)22-17;;/h10-11H,4-9,12-18H2,1-3H3;7-8,21H,1-6,9-15H2;2*1H. The third kappa shape index (κ3) is 11.0. The van der Waals surface area contributed by atoms with Crippen molar-refractivity contribution in [3.63, 3.8) is 0 Å². The molecule has 6 aliphatic rings. The van der Waals surface area contributed by atoms with Gasteiger partial charge in [0.2, 0.25) is 11.8 Å². The van der Waals surface area contributed by atoms with Crippen LogP contribution in [0.1, 0.15) is 132 Å². The molecule has 0 saturated carbocycles. The monoisotopic (exact) mass is 826 g/mol. The summed E-state index contributed by atoms with van der Waals surface area (Å²) in [6.45, 7) is 12.3. The molecule has 2 spiro atoms. The summed E-state index contributed by atoms with van der Waals surface area (Å²) >= 11 is 0. The van der Waals surface area contributed by atoms with Gasteiger partial charge in [0.1, 0.15) is 5.60 Å². The summed E-state index contributed by atoms with van der Waals surface area (Å²) in [4.78, 5) is 54.0. The number of aromatic nitrogens is 2. The Hall–Kier alpha value is -2.95. The molecule has 2 aromatic rings. The van der Waals surface area contributed by atoms with Gasteiger partial charge < -0.3 is 24.8 Å². The molecular weight excluding hydrogens is 759 g/mol. The average Bonchev–Trinajstić information content (AvgIpc) is 3.65. The lowest BCUT2D eigenvalue weighted by molar-refractivity contribution is -0.138. The van der Waals surface area contributed by atoms with E-state index in [4.69, 9.17) is 14.7 Å². The Labute approximate surface area is 353 Å². The predicted molar refractivity (Wildman–Crippen MR) is 229 cm³/mol.